The van der Waals surface area contributed by atoms with Crippen LogP contribution in [0.15, 0.2) is 53.1 Å². The molecular formula is C16H14N4O2S. The number of carbonyl (C=O) groups is 2. The van der Waals surface area contributed by atoms with E-state index in [1.165, 1.54) is 11.3 Å². The van der Waals surface area contributed by atoms with Crippen molar-refractivity contribution in [1.29, 1.82) is 0 Å². The molecule has 3 N–H and O–H groups in total. The van der Waals surface area contributed by atoms with E-state index < -0.39 is 0 Å². The number of aromatic amines is 1. The third kappa shape index (κ3) is 3.64. The number of thiophene rings is 1. The predicted molar refractivity (Wildman–Crippen MR) is 90.7 cm³/mol. The van der Waals surface area contributed by atoms with E-state index in [1.807, 2.05) is 30.5 Å². The van der Waals surface area contributed by atoms with E-state index in [2.05, 4.69) is 20.8 Å². The Morgan fingerprint density at radius 3 is 2.91 bits per heavy atom. The van der Waals surface area contributed by atoms with E-state index in [0.29, 0.717) is 4.88 Å². The summed E-state index contributed by atoms with van der Waals surface area (Å²) in [7, 11) is 0. The summed E-state index contributed by atoms with van der Waals surface area (Å²) in [6.45, 7) is -0.123. The topological polar surface area (TPSA) is 86.3 Å². The largest absolute Gasteiger partial charge is 0.361 e. The van der Waals surface area contributed by atoms with Crippen molar-refractivity contribution in [3.8, 4) is 0 Å². The third-order valence-corrected chi connectivity index (χ3v) is 4.04. The summed E-state index contributed by atoms with van der Waals surface area (Å²) >= 11 is 1.32. The zero-order valence-corrected chi connectivity index (χ0v) is 12.9. The number of H-pyrrole nitrogens is 1. The quantitative estimate of drug-likeness (QED) is 0.495. The van der Waals surface area contributed by atoms with Crippen molar-refractivity contribution in [2.75, 3.05) is 6.54 Å². The highest BCUT2D eigenvalue weighted by atomic mass is 32.1. The second-order valence-electron chi connectivity index (χ2n) is 4.74. The number of fused-ring (bicyclic) bond motifs is 1. The Labute approximate surface area is 136 Å². The highest BCUT2D eigenvalue weighted by Crippen LogP contribution is 2.15. The molecule has 116 valence electrons. The van der Waals surface area contributed by atoms with Gasteiger partial charge in [0.25, 0.3) is 11.8 Å². The molecule has 0 saturated carbocycles. The standard InChI is InChI=1S/C16H14N4O2S/c21-15(10-18-16(22)14-6-3-7-23-14)20-19-9-11-8-17-13-5-2-1-4-12(11)13/h1-9,17H,10H2,(H,18,22)(H,20,21). The maximum atomic E-state index is 11.7. The molecule has 3 rings (SSSR count). The molecule has 0 aliphatic heterocycles. The first-order valence-electron chi connectivity index (χ1n) is 6.94. The van der Waals surface area contributed by atoms with Crippen LogP contribution in [-0.2, 0) is 4.79 Å². The smallest absolute Gasteiger partial charge is 0.261 e. The summed E-state index contributed by atoms with van der Waals surface area (Å²) in [5.74, 6) is -0.651. The van der Waals surface area contributed by atoms with E-state index in [1.54, 1.807) is 23.7 Å². The lowest BCUT2D eigenvalue weighted by Gasteiger charge is -2.01. The molecule has 2 amide bonds. The van der Waals surface area contributed by atoms with E-state index >= 15 is 0 Å². The number of hydrogen-bond acceptors (Lipinski definition) is 4. The minimum Gasteiger partial charge on any atom is -0.361 e. The molecule has 0 aliphatic carbocycles. The summed E-state index contributed by atoms with van der Waals surface area (Å²) in [5.41, 5.74) is 4.27. The van der Waals surface area contributed by atoms with Crippen molar-refractivity contribution >= 4 is 40.3 Å². The van der Waals surface area contributed by atoms with Gasteiger partial charge >= 0.3 is 0 Å². The number of nitrogens with one attached hydrogen (secondary N) is 3. The first-order chi connectivity index (χ1) is 11.2. The number of aromatic nitrogens is 1. The number of carbonyl (C=O) groups excluding carboxylic acids is 2. The van der Waals surface area contributed by atoms with Crippen molar-refractivity contribution in [2.24, 2.45) is 5.10 Å². The summed E-state index contributed by atoms with van der Waals surface area (Å²) in [6, 6.07) is 11.3. The van der Waals surface area contributed by atoms with Crippen molar-refractivity contribution < 1.29 is 9.59 Å². The fraction of sp³-hybridized carbons (Fsp3) is 0.0625. The van der Waals surface area contributed by atoms with Gasteiger partial charge in [-0.05, 0) is 17.5 Å². The molecule has 0 aliphatic rings. The van der Waals surface area contributed by atoms with Gasteiger partial charge in [-0.15, -0.1) is 11.3 Å². The monoisotopic (exact) mass is 326 g/mol. The SMILES string of the molecule is O=C(CNC(=O)c1cccs1)NN=Cc1c[nH]c2ccccc12. The number of benzene rings is 1. The van der Waals surface area contributed by atoms with Gasteiger partial charge in [0.2, 0.25) is 0 Å². The van der Waals surface area contributed by atoms with Gasteiger partial charge in [0.1, 0.15) is 0 Å². The number of hydrogen-bond donors (Lipinski definition) is 3. The molecule has 7 heteroatoms. The van der Waals surface area contributed by atoms with Gasteiger partial charge in [0.05, 0.1) is 17.6 Å². The Hall–Kier alpha value is -2.93. The summed E-state index contributed by atoms with van der Waals surface area (Å²) in [4.78, 5) is 27.1. The maximum Gasteiger partial charge on any atom is 0.261 e. The fourth-order valence-corrected chi connectivity index (χ4v) is 2.71. The van der Waals surface area contributed by atoms with Crippen molar-refractivity contribution in [3.63, 3.8) is 0 Å². The van der Waals surface area contributed by atoms with E-state index in [4.69, 9.17) is 0 Å². The third-order valence-electron chi connectivity index (χ3n) is 3.17. The van der Waals surface area contributed by atoms with E-state index in [0.717, 1.165) is 16.5 Å². The average Bonchev–Trinajstić information content (AvgIpc) is 3.23. The van der Waals surface area contributed by atoms with Gasteiger partial charge in [-0.2, -0.15) is 5.10 Å². The second-order valence-corrected chi connectivity index (χ2v) is 5.69. The lowest BCUT2D eigenvalue weighted by Crippen LogP contribution is -2.34. The fourth-order valence-electron chi connectivity index (χ4n) is 2.07. The molecule has 2 heterocycles. The van der Waals surface area contributed by atoms with Crippen LogP contribution >= 0.6 is 11.3 Å². The highest BCUT2D eigenvalue weighted by molar-refractivity contribution is 7.12. The van der Waals surface area contributed by atoms with Crippen LogP contribution in [0.4, 0.5) is 0 Å². The molecule has 0 saturated heterocycles. The Bertz CT molecular complexity index is 852. The van der Waals surface area contributed by atoms with Gasteiger partial charge in [-0.1, -0.05) is 24.3 Å². The lowest BCUT2D eigenvalue weighted by molar-refractivity contribution is -0.120. The molecule has 0 fully saturated rings. The van der Waals surface area contributed by atoms with Gasteiger partial charge in [0.15, 0.2) is 0 Å². The van der Waals surface area contributed by atoms with Crippen molar-refractivity contribution in [3.05, 3.63) is 58.4 Å². The minimum atomic E-state index is -0.383. The van der Waals surface area contributed by atoms with Gasteiger partial charge in [0, 0.05) is 22.7 Å². The molecule has 0 radical (unpaired) electrons. The number of amides is 2. The highest BCUT2D eigenvalue weighted by Gasteiger charge is 2.08. The normalized spacial score (nSPS) is 11.0. The number of para-hydroxylation sites is 1. The van der Waals surface area contributed by atoms with E-state index in [9.17, 15) is 9.59 Å². The van der Waals surface area contributed by atoms with Crippen LogP contribution in [0.5, 0.6) is 0 Å². The summed E-state index contributed by atoms with van der Waals surface area (Å²) in [5, 5.41) is 9.28. The molecule has 1 aromatic carbocycles. The van der Waals surface area contributed by atoms with Crippen LogP contribution in [0.2, 0.25) is 0 Å². The Morgan fingerprint density at radius 1 is 1.22 bits per heavy atom. The van der Waals surface area contributed by atoms with Gasteiger partial charge in [-0.25, -0.2) is 5.43 Å². The van der Waals surface area contributed by atoms with Crippen LogP contribution in [0.25, 0.3) is 10.9 Å². The molecule has 6 nitrogen and oxygen atoms in total. The first-order valence-corrected chi connectivity index (χ1v) is 7.82. The number of hydrazone groups is 1. The Morgan fingerprint density at radius 2 is 2.09 bits per heavy atom. The molecule has 0 bridgehead atoms. The minimum absolute atomic E-state index is 0.123. The molecule has 23 heavy (non-hydrogen) atoms. The Balaban J connectivity index is 1.51. The maximum absolute atomic E-state index is 11.7. The van der Waals surface area contributed by atoms with Crippen molar-refractivity contribution in [1.82, 2.24) is 15.7 Å². The van der Waals surface area contributed by atoms with Crippen LogP contribution in [0.1, 0.15) is 15.2 Å². The second kappa shape index (κ2) is 6.89. The molecule has 3 aromatic rings. The van der Waals surface area contributed by atoms with Gasteiger partial charge in [-0.3, -0.25) is 9.59 Å². The zero-order valence-electron chi connectivity index (χ0n) is 12.1. The zero-order chi connectivity index (χ0) is 16.1. The van der Waals surface area contributed by atoms with Crippen LogP contribution in [0.3, 0.4) is 0 Å². The number of rotatable bonds is 5. The molecule has 0 unspecified atom stereocenters. The van der Waals surface area contributed by atoms with Crippen LogP contribution in [0, 0.1) is 0 Å². The molecule has 2 aromatic heterocycles. The van der Waals surface area contributed by atoms with Crippen LogP contribution in [-0.4, -0.2) is 29.6 Å². The van der Waals surface area contributed by atoms with Crippen molar-refractivity contribution in [2.45, 2.75) is 0 Å². The predicted octanol–water partition coefficient (Wildman–Crippen LogP) is 2.11. The van der Waals surface area contributed by atoms with E-state index in [-0.39, 0.29) is 18.4 Å². The Kier molecular flexibility index (Phi) is 4.49. The molecular weight excluding hydrogens is 312 g/mol. The average molecular weight is 326 g/mol. The lowest BCUT2D eigenvalue weighted by atomic mass is 10.2. The van der Waals surface area contributed by atoms with Crippen LogP contribution < -0.4 is 10.7 Å². The molecule has 0 spiro atoms. The summed E-state index contributed by atoms with van der Waals surface area (Å²) < 4.78 is 0. The number of nitrogens with zero attached hydrogens (tertiary/aromatic N) is 1. The van der Waals surface area contributed by atoms with Gasteiger partial charge < -0.3 is 10.3 Å². The summed E-state index contributed by atoms with van der Waals surface area (Å²) in [6.07, 6.45) is 3.39. The first kappa shape index (κ1) is 15.0. The molecule has 0 atom stereocenters.